The first kappa shape index (κ1) is 13.5. The minimum absolute atomic E-state index is 0.0644. The molecule has 1 rings (SSSR count). The van der Waals surface area contributed by atoms with Crippen LogP contribution in [-0.2, 0) is 16.5 Å². The van der Waals surface area contributed by atoms with Crippen LogP contribution in [0, 0.1) is 0 Å². The Balaban J connectivity index is 3.25. The van der Waals surface area contributed by atoms with Crippen LogP contribution in [0.3, 0.4) is 0 Å². The number of carboxylic acids is 1. The lowest BCUT2D eigenvalue weighted by Gasteiger charge is -2.09. The van der Waals surface area contributed by atoms with Gasteiger partial charge >= 0.3 is 5.97 Å². The molecular formula is C9H7Br2F2NO2. The summed E-state index contributed by atoms with van der Waals surface area (Å²) in [6.07, 6.45) is -3.05. The van der Waals surface area contributed by atoms with Crippen molar-refractivity contribution < 1.29 is 18.7 Å². The molecule has 0 spiro atoms. The third kappa shape index (κ3) is 3.21. The van der Waals surface area contributed by atoms with Gasteiger partial charge in [-0.1, -0.05) is 15.9 Å². The van der Waals surface area contributed by atoms with Gasteiger partial charge in [-0.15, -0.1) is 0 Å². The highest BCUT2D eigenvalue weighted by molar-refractivity contribution is 9.10. The zero-order valence-corrected chi connectivity index (χ0v) is 11.1. The molecule has 0 aliphatic rings. The van der Waals surface area contributed by atoms with Crippen molar-refractivity contribution in [3.63, 3.8) is 0 Å². The van der Waals surface area contributed by atoms with E-state index in [2.05, 4.69) is 36.8 Å². The van der Waals surface area contributed by atoms with E-state index >= 15 is 0 Å². The van der Waals surface area contributed by atoms with Crippen molar-refractivity contribution in [3.8, 4) is 0 Å². The minimum Gasteiger partial charge on any atom is -0.481 e. The molecule has 0 fully saturated rings. The maximum atomic E-state index is 12.6. The van der Waals surface area contributed by atoms with Crippen LogP contribution in [0.15, 0.2) is 10.5 Å². The normalized spacial score (nSPS) is 10.8. The maximum absolute atomic E-state index is 12.6. The van der Waals surface area contributed by atoms with Gasteiger partial charge < -0.3 is 5.11 Å². The second-order valence-electron chi connectivity index (χ2n) is 2.97. The van der Waals surface area contributed by atoms with Crippen LogP contribution in [0.1, 0.15) is 23.4 Å². The molecule has 0 aliphatic heterocycles. The van der Waals surface area contributed by atoms with Gasteiger partial charge in [0.25, 0.3) is 6.43 Å². The Morgan fingerprint density at radius 2 is 2.19 bits per heavy atom. The predicted octanol–water partition coefficient (Wildman–Crippen LogP) is 3.30. The summed E-state index contributed by atoms with van der Waals surface area (Å²) < 4.78 is 25.3. The van der Waals surface area contributed by atoms with Gasteiger partial charge in [0.2, 0.25) is 0 Å². The van der Waals surface area contributed by atoms with E-state index in [1.807, 2.05) is 0 Å². The molecule has 0 aliphatic carbocycles. The Bertz CT molecular complexity index is 413. The molecule has 7 heteroatoms. The molecule has 0 amide bonds. The van der Waals surface area contributed by atoms with Gasteiger partial charge in [-0.05, 0) is 22.0 Å². The summed E-state index contributed by atoms with van der Waals surface area (Å²) in [6.45, 7) is 0. The summed E-state index contributed by atoms with van der Waals surface area (Å²) in [7, 11) is 0. The van der Waals surface area contributed by atoms with Crippen LogP contribution in [0.4, 0.5) is 8.78 Å². The number of hydrogen-bond acceptors (Lipinski definition) is 2. The Kier molecular flexibility index (Phi) is 4.79. The Hall–Kier alpha value is -0.560. The molecule has 0 saturated heterocycles. The minimum atomic E-state index is -2.66. The number of nitrogens with zero attached hydrogens (tertiary/aromatic N) is 1. The SMILES string of the molecule is O=C(O)Cc1nc(CBr)cc(C(F)F)c1Br. The molecule has 1 aromatic heterocycles. The van der Waals surface area contributed by atoms with Crippen LogP contribution in [0.2, 0.25) is 0 Å². The molecule has 0 atom stereocenters. The zero-order chi connectivity index (χ0) is 12.3. The average molecular weight is 359 g/mol. The largest absolute Gasteiger partial charge is 0.481 e. The number of alkyl halides is 3. The van der Waals surface area contributed by atoms with E-state index in [4.69, 9.17) is 5.11 Å². The Morgan fingerprint density at radius 3 is 2.62 bits per heavy atom. The highest BCUT2D eigenvalue weighted by Crippen LogP contribution is 2.30. The van der Waals surface area contributed by atoms with E-state index in [-0.39, 0.29) is 22.2 Å². The second kappa shape index (κ2) is 5.67. The van der Waals surface area contributed by atoms with Crippen LogP contribution in [-0.4, -0.2) is 16.1 Å². The molecule has 0 radical (unpaired) electrons. The van der Waals surface area contributed by atoms with Crippen molar-refractivity contribution in [1.29, 1.82) is 0 Å². The van der Waals surface area contributed by atoms with E-state index in [1.165, 1.54) is 6.07 Å². The first-order chi connectivity index (χ1) is 7.45. The van der Waals surface area contributed by atoms with E-state index in [9.17, 15) is 13.6 Å². The Morgan fingerprint density at radius 1 is 1.56 bits per heavy atom. The zero-order valence-electron chi connectivity index (χ0n) is 7.88. The monoisotopic (exact) mass is 357 g/mol. The average Bonchev–Trinajstić information content (AvgIpc) is 2.19. The lowest BCUT2D eigenvalue weighted by Crippen LogP contribution is -2.07. The number of carbonyl (C=O) groups is 1. The summed E-state index contributed by atoms with van der Waals surface area (Å²) in [5.74, 6) is -1.11. The van der Waals surface area contributed by atoms with E-state index in [0.717, 1.165) is 0 Å². The molecule has 0 bridgehead atoms. The van der Waals surface area contributed by atoms with E-state index < -0.39 is 12.4 Å². The summed E-state index contributed by atoms with van der Waals surface area (Å²) in [5, 5.41) is 8.92. The van der Waals surface area contributed by atoms with Crippen molar-refractivity contribution >= 4 is 37.8 Å². The van der Waals surface area contributed by atoms with Gasteiger partial charge in [0.05, 0.1) is 17.8 Å². The number of aliphatic carboxylic acids is 1. The molecule has 1 N–H and O–H groups in total. The van der Waals surface area contributed by atoms with Crippen LogP contribution >= 0.6 is 31.9 Å². The summed E-state index contributed by atoms with van der Waals surface area (Å²) in [5.41, 5.74) is 0.259. The maximum Gasteiger partial charge on any atom is 0.309 e. The fourth-order valence-corrected chi connectivity index (χ4v) is 1.96. The quantitative estimate of drug-likeness (QED) is 0.840. The number of aromatic nitrogens is 1. The van der Waals surface area contributed by atoms with Crippen molar-refractivity contribution in [2.45, 2.75) is 18.2 Å². The second-order valence-corrected chi connectivity index (χ2v) is 4.32. The highest BCUT2D eigenvalue weighted by atomic mass is 79.9. The topological polar surface area (TPSA) is 50.2 Å². The number of pyridine rings is 1. The summed E-state index contributed by atoms with van der Waals surface area (Å²) in [6, 6.07) is 1.24. The molecule has 0 unspecified atom stereocenters. The number of halogens is 4. The van der Waals surface area contributed by atoms with E-state index in [0.29, 0.717) is 11.0 Å². The van der Waals surface area contributed by atoms with Crippen molar-refractivity contribution in [1.82, 2.24) is 4.98 Å². The predicted molar refractivity (Wildman–Crippen MR) is 60.9 cm³/mol. The van der Waals surface area contributed by atoms with Gasteiger partial charge in [0, 0.05) is 15.4 Å². The first-order valence-electron chi connectivity index (χ1n) is 4.19. The molecule has 0 aromatic carbocycles. The standard InChI is InChI=1S/C9H7Br2F2NO2/c10-3-4-1-5(9(12)13)8(11)6(14-4)2-7(15)16/h1,9H,2-3H2,(H,15,16). The van der Waals surface area contributed by atoms with Gasteiger partial charge in [0.1, 0.15) is 0 Å². The van der Waals surface area contributed by atoms with Crippen molar-refractivity contribution in [2.75, 3.05) is 0 Å². The molecule has 88 valence electrons. The third-order valence-corrected chi connectivity index (χ3v) is 3.29. The lowest BCUT2D eigenvalue weighted by molar-refractivity contribution is -0.136. The van der Waals surface area contributed by atoms with Crippen molar-refractivity contribution in [3.05, 3.63) is 27.5 Å². The molecular weight excluding hydrogens is 352 g/mol. The smallest absolute Gasteiger partial charge is 0.309 e. The fourth-order valence-electron chi connectivity index (χ4n) is 1.15. The first-order valence-corrected chi connectivity index (χ1v) is 6.11. The van der Waals surface area contributed by atoms with Gasteiger partial charge in [0.15, 0.2) is 0 Å². The number of rotatable bonds is 4. The highest BCUT2D eigenvalue weighted by Gasteiger charge is 2.18. The van der Waals surface area contributed by atoms with Gasteiger partial charge in [-0.3, -0.25) is 9.78 Å². The number of carboxylic acid groups (broad SMARTS) is 1. The van der Waals surface area contributed by atoms with E-state index in [1.54, 1.807) is 0 Å². The summed E-state index contributed by atoms with van der Waals surface area (Å²) >= 11 is 6.05. The van der Waals surface area contributed by atoms with Crippen LogP contribution in [0.5, 0.6) is 0 Å². The van der Waals surface area contributed by atoms with Gasteiger partial charge in [-0.25, -0.2) is 8.78 Å². The molecule has 16 heavy (non-hydrogen) atoms. The summed E-state index contributed by atoms with van der Waals surface area (Å²) in [4.78, 5) is 14.5. The van der Waals surface area contributed by atoms with Crippen LogP contribution < -0.4 is 0 Å². The molecule has 1 aromatic rings. The number of hydrogen-bond donors (Lipinski definition) is 1. The molecule has 1 heterocycles. The third-order valence-electron chi connectivity index (χ3n) is 1.80. The van der Waals surface area contributed by atoms with Crippen molar-refractivity contribution in [2.24, 2.45) is 0 Å². The molecule has 3 nitrogen and oxygen atoms in total. The Labute approximate surface area is 107 Å². The van der Waals surface area contributed by atoms with Gasteiger partial charge in [-0.2, -0.15) is 0 Å². The molecule has 0 saturated carbocycles. The van der Waals surface area contributed by atoms with Crippen LogP contribution in [0.25, 0.3) is 0 Å². The lowest BCUT2D eigenvalue weighted by atomic mass is 10.1. The fraction of sp³-hybridized carbons (Fsp3) is 0.333.